The molecule has 0 aliphatic carbocycles. The molecular formula is C20H30N4O6S. The second-order valence-electron chi connectivity index (χ2n) is 6.98. The Labute approximate surface area is 185 Å². The second-order valence-corrected chi connectivity index (χ2v) is 7.97. The zero-order valence-corrected chi connectivity index (χ0v) is 18.4. The van der Waals surface area contributed by atoms with Gasteiger partial charge in [0.05, 0.1) is 18.7 Å². The maximum absolute atomic E-state index is 12.7. The molecule has 0 radical (unpaired) electrons. The van der Waals surface area contributed by atoms with Crippen molar-refractivity contribution >= 4 is 35.5 Å². The van der Waals surface area contributed by atoms with E-state index in [4.69, 9.17) is 5.73 Å². The summed E-state index contributed by atoms with van der Waals surface area (Å²) in [6, 6.07) is 5.43. The summed E-state index contributed by atoms with van der Waals surface area (Å²) in [5.41, 5.74) is 6.48. The number of amides is 3. The summed E-state index contributed by atoms with van der Waals surface area (Å²) in [4.78, 5) is 48.2. The van der Waals surface area contributed by atoms with Crippen molar-refractivity contribution in [1.82, 2.24) is 16.0 Å². The number of carboxylic acid groups (broad SMARTS) is 1. The molecule has 1 aromatic rings. The van der Waals surface area contributed by atoms with Crippen molar-refractivity contribution < 1.29 is 29.4 Å². The first-order valence-electron chi connectivity index (χ1n) is 9.72. The molecule has 0 aliphatic heterocycles. The molecular weight excluding hydrogens is 424 g/mol. The van der Waals surface area contributed by atoms with Gasteiger partial charge >= 0.3 is 5.97 Å². The highest BCUT2D eigenvalue weighted by atomic mass is 32.2. The first kappa shape index (κ1) is 26.4. The van der Waals surface area contributed by atoms with Gasteiger partial charge in [-0.05, 0) is 30.9 Å². The van der Waals surface area contributed by atoms with E-state index in [9.17, 15) is 29.4 Å². The Bertz CT molecular complexity index is 746. The molecule has 11 heteroatoms. The van der Waals surface area contributed by atoms with E-state index in [-0.39, 0.29) is 13.0 Å². The number of carboxylic acids is 1. The van der Waals surface area contributed by atoms with Crippen molar-refractivity contribution in [3.63, 3.8) is 0 Å². The minimum Gasteiger partial charge on any atom is -0.480 e. The van der Waals surface area contributed by atoms with Gasteiger partial charge in [0.2, 0.25) is 17.7 Å². The van der Waals surface area contributed by atoms with Gasteiger partial charge in [0.15, 0.2) is 6.04 Å². The third-order valence-corrected chi connectivity index (χ3v) is 5.02. The van der Waals surface area contributed by atoms with Crippen LogP contribution >= 0.6 is 11.8 Å². The molecule has 0 aliphatic rings. The number of carbonyl (C=O) groups excluding carboxylic acids is 3. The Kier molecular flexibility index (Phi) is 11.6. The van der Waals surface area contributed by atoms with Gasteiger partial charge in [0.1, 0.15) is 6.04 Å². The lowest BCUT2D eigenvalue weighted by Crippen LogP contribution is -2.56. The molecule has 172 valence electrons. The molecule has 4 unspecified atom stereocenters. The Morgan fingerprint density at radius 2 is 1.74 bits per heavy atom. The number of aliphatic hydroxyl groups excluding tert-OH is 1. The summed E-state index contributed by atoms with van der Waals surface area (Å²) >= 11 is 1.55. The predicted octanol–water partition coefficient (Wildman–Crippen LogP) is -1.14. The number of hydrogen-bond acceptors (Lipinski definition) is 7. The van der Waals surface area contributed by atoms with E-state index in [2.05, 4.69) is 16.0 Å². The Morgan fingerprint density at radius 1 is 1.10 bits per heavy atom. The molecule has 0 saturated carbocycles. The van der Waals surface area contributed by atoms with Gasteiger partial charge in [0, 0.05) is 6.42 Å². The van der Waals surface area contributed by atoms with E-state index in [1.54, 1.807) is 42.1 Å². The Balaban J connectivity index is 2.79. The smallest absolute Gasteiger partial charge is 0.328 e. The molecule has 4 atom stereocenters. The van der Waals surface area contributed by atoms with Crippen LogP contribution in [0.15, 0.2) is 30.3 Å². The van der Waals surface area contributed by atoms with Gasteiger partial charge in [-0.2, -0.15) is 11.8 Å². The van der Waals surface area contributed by atoms with E-state index >= 15 is 0 Å². The fourth-order valence-corrected chi connectivity index (χ4v) is 3.11. The van der Waals surface area contributed by atoms with Crippen LogP contribution in [0.5, 0.6) is 0 Å². The lowest BCUT2D eigenvalue weighted by molar-refractivity contribution is -0.145. The van der Waals surface area contributed by atoms with Crippen LogP contribution in [0.4, 0.5) is 0 Å². The molecule has 1 aromatic carbocycles. The van der Waals surface area contributed by atoms with Gasteiger partial charge in [-0.1, -0.05) is 30.3 Å². The van der Waals surface area contributed by atoms with Gasteiger partial charge in [0.25, 0.3) is 0 Å². The van der Waals surface area contributed by atoms with Crippen molar-refractivity contribution in [1.29, 1.82) is 0 Å². The minimum atomic E-state index is -1.53. The number of aliphatic carboxylic acids is 1. The van der Waals surface area contributed by atoms with Gasteiger partial charge in [-0.3, -0.25) is 14.4 Å². The topological polar surface area (TPSA) is 171 Å². The van der Waals surface area contributed by atoms with Crippen LogP contribution < -0.4 is 21.7 Å². The zero-order valence-electron chi connectivity index (χ0n) is 17.5. The lowest BCUT2D eigenvalue weighted by atomic mass is 10.0. The largest absolute Gasteiger partial charge is 0.480 e. The summed E-state index contributed by atoms with van der Waals surface area (Å²) in [6.45, 7) is 0.850. The van der Waals surface area contributed by atoms with Crippen LogP contribution in [-0.2, 0) is 25.6 Å². The van der Waals surface area contributed by atoms with Crippen LogP contribution in [0.3, 0.4) is 0 Å². The average molecular weight is 455 g/mol. The van der Waals surface area contributed by atoms with Gasteiger partial charge in [-0.25, -0.2) is 4.79 Å². The van der Waals surface area contributed by atoms with Crippen LogP contribution in [0.1, 0.15) is 18.9 Å². The molecule has 1 rings (SSSR count). The number of rotatable bonds is 13. The molecule has 0 bridgehead atoms. The summed E-state index contributed by atoms with van der Waals surface area (Å²) in [5.74, 6) is -2.58. The number of aliphatic hydroxyl groups is 1. The first-order chi connectivity index (χ1) is 14.6. The highest BCUT2D eigenvalue weighted by Gasteiger charge is 2.29. The fraction of sp³-hybridized carbons (Fsp3) is 0.500. The summed E-state index contributed by atoms with van der Waals surface area (Å²) in [7, 11) is 0. The summed E-state index contributed by atoms with van der Waals surface area (Å²) < 4.78 is 0. The highest BCUT2D eigenvalue weighted by Crippen LogP contribution is 2.05. The number of nitrogens with two attached hydrogens (primary N) is 1. The van der Waals surface area contributed by atoms with Gasteiger partial charge in [-0.15, -0.1) is 0 Å². The van der Waals surface area contributed by atoms with Crippen LogP contribution in [0.25, 0.3) is 0 Å². The number of carbonyl (C=O) groups is 4. The summed E-state index contributed by atoms with van der Waals surface area (Å²) in [6.07, 6.45) is 1.11. The van der Waals surface area contributed by atoms with Crippen LogP contribution in [-0.4, -0.2) is 76.7 Å². The normalized spacial score (nSPS) is 14.6. The molecule has 0 saturated heterocycles. The zero-order chi connectivity index (χ0) is 23.4. The maximum Gasteiger partial charge on any atom is 0.328 e. The lowest BCUT2D eigenvalue weighted by Gasteiger charge is -2.23. The van der Waals surface area contributed by atoms with E-state index < -0.39 is 47.9 Å². The highest BCUT2D eigenvalue weighted by molar-refractivity contribution is 7.98. The molecule has 0 fully saturated rings. The SMILES string of the molecule is CSCCC(N)C(=O)NCC(=O)NC(Cc1ccccc1)C(=O)NC(C(=O)O)C(C)O. The van der Waals surface area contributed by atoms with Crippen molar-refractivity contribution in [3.05, 3.63) is 35.9 Å². The third kappa shape index (κ3) is 9.81. The molecule has 7 N–H and O–H groups in total. The average Bonchev–Trinajstić information content (AvgIpc) is 2.73. The van der Waals surface area contributed by atoms with Crippen molar-refractivity contribution in [3.8, 4) is 0 Å². The summed E-state index contributed by atoms with van der Waals surface area (Å²) in [5, 5.41) is 25.9. The van der Waals surface area contributed by atoms with E-state index in [0.717, 1.165) is 5.56 Å². The van der Waals surface area contributed by atoms with E-state index in [1.807, 2.05) is 6.26 Å². The quantitative estimate of drug-likeness (QED) is 0.217. The van der Waals surface area contributed by atoms with Crippen molar-refractivity contribution in [2.45, 2.75) is 44.0 Å². The van der Waals surface area contributed by atoms with E-state index in [1.165, 1.54) is 6.92 Å². The van der Waals surface area contributed by atoms with Crippen LogP contribution in [0, 0.1) is 0 Å². The molecule has 0 spiro atoms. The number of thioether (sulfide) groups is 1. The standard InChI is InChI=1S/C20H30N4O6S/c1-12(25)17(20(29)30)24-19(28)15(10-13-6-4-3-5-7-13)23-16(26)11-22-18(27)14(21)8-9-31-2/h3-7,12,14-15,17,25H,8-11,21H2,1-2H3,(H,22,27)(H,23,26)(H,24,28)(H,29,30). The van der Waals surface area contributed by atoms with Crippen molar-refractivity contribution in [2.75, 3.05) is 18.6 Å². The van der Waals surface area contributed by atoms with Gasteiger partial charge < -0.3 is 31.9 Å². The molecule has 3 amide bonds. The monoisotopic (exact) mass is 454 g/mol. The maximum atomic E-state index is 12.7. The first-order valence-corrected chi connectivity index (χ1v) is 11.1. The molecule has 10 nitrogen and oxygen atoms in total. The fourth-order valence-electron chi connectivity index (χ4n) is 2.62. The predicted molar refractivity (Wildman–Crippen MR) is 117 cm³/mol. The number of benzene rings is 1. The molecule has 31 heavy (non-hydrogen) atoms. The second kappa shape index (κ2) is 13.6. The minimum absolute atomic E-state index is 0.0890. The Hall–Kier alpha value is -2.63. The van der Waals surface area contributed by atoms with E-state index in [0.29, 0.717) is 12.2 Å². The number of nitrogens with one attached hydrogen (secondary N) is 3. The molecule has 0 heterocycles. The Morgan fingerprint density at radius 3 is 2.29 bits per heavy atom. The van der Waals surface area contributed by atoms with Crippen LogP contribution in [0.2, 0.25) is 0 Å². The third-order valence-electron chi connectivity index (χ3n) is 4.37. The number of hydrogen-bond donors (Lipinski definition) is 6. The molecule has 0 aromatic heterocycles. The van der Waals surface area contributed by atoms with Crippen molar-refractivity contribution in [2.24, 2.45) is 5.73 Å².